The average molecular weight is 255 g/mol. The van der Waals surface area contributed by atoms with Crippen molar-refractivity contribution in [1.82, 2.24) is 0 Å². The highest BCUT2D eigenvalue weighted by Crippen LogP contribution is 2.25. The Hall–Kier alpha value is -2.29. The third-order valence-electron chi connectivity index (χ3n) is 3.10. The van der Waals surface area contributed by atoms with Gasteiger partial charge in [0.1, 0.15) is 5.75 Å². The SMILES string of the molecule is COc1cc(N)ccc1C(=O)c1ccc(C)cc1C. The van der Waals surface area contributed by atoms with Gasteiger partial charge in [0.15, 0.2) is 5.78 Å². The standard InChI is InChI=1S/C16H17NO2/c1-10-4-6-13(11(2)8-10)16(18)14-7-5-12(17)9-15(14)19-3/h4-9H,17H2,1-3H3. The van der Waals surface area contributed by atoms with E-state index >= 15 is 0 Å². The Kier molecular flexibility index (Phi) is 3.56. The zero-order valence-electron chi connectivity index (χ0n) is 11.4. The quantitative estimate of drug-likeness (QED) is 0.677. The minimum absolute atomic E-state index is 0.0469. The highest BCUT2D eigenvalue weighted by molar-refractivity contribution is 6.11. The van der Waals surface area contributed by atoms with E-state index in [2.05, 4.69) is 0 Å². The fourth-order valence-electron chi connectivity index (χ4n) is 2.11. The highest BCUT2D eigenvalue weighted by Gasteiger charge is 2.16. The van der Waals surface area contributed by atoms with Crippen LogP contribution in [0.5, 0.6) is 5.75 Å². The molecule has 3 nitrogen and oxygen atoms in total. The molecule has 0 aliphatic rings. The van der Waals surface area contributed by atoms with E-state index in [9.17, 15) is 4.79 Å². The molecule has 0 bridgehead atoms. The summed E-state index contributed by atoms with van der Waals surface area (Å²) in [6, 6.07) is 10.9. The van der Waals surface area contributed by atoms with Crippen molar-refractivity contribution in [2.45, 2.75) is 13.8 Å². The molecule has 0 aliphatic heterocycles. The van der Waals surface area contributed by atoms with E-state index in [-0.39, 0.29) is 5.78 Å². The van der Waals surface area contributed by atoms with Crippen LogP contribution in [0.3, 0.4) is 0 Å². The van der Waals surface area contributed by atoms with Crippen molar-refractivity contribution in [3.05, 3.63) is 58.7 Å². The zero-order valence-corrected chi connectivity index (χ0v) is 11.4. The molecule has 3 heteroatoms. The summed E-state index contributed by atoms with van der Waals surface area (Å²) in [6.45, 7) is 3.94. The predicted octanol–water partition coefficient (Wildman–Crippen LogP) is 3.13. The summed E-state index contributed by atoms with van der Waals surface area (Å²) >= 11 is 0. The van der Waals surface area contributed by atoms with Crippen molar-refractivity contribution >= 4 is 11.5 Å². The highest BCUT2D eigenvalue weighted by atomic mass is 16.5. The smallest absolute Gasteiger partial charge is 0.197 e. The number of methoxy groups -OCH3 is 1. The number of hydrogen-bond acceptors (Lipinski definition) is 3. The molecule has 0 atom stereocenters. The van der Waals surface area contributed by atoms with Gasteiger partial charge in [-0.1, -0.05) is 23.8 Å². The monoisotopic (exact) mass is 255 g/mol. The largest absolute Gasteiger partial charge is 0.496 e. The van der Waals surface area contributed by atoms with Crippen LogP contribution in [-0.4, -0.2) is 12.9 Å². The number of rotatable bonds is 3. The van der Waals surface area contributed by atoms with Crippen molar-refractivity contribution in [3.63, 3.8) is 0 Å². The van der Waals surface area contributed by atoms with Crippen LogP contribution in [0.4, 0.5) is 5.69 Å². The van der Waals surface area contributed by atoms with Gasteiger partial charge in [-0.05, 0) is 31.5 Å². The molecule has 2 aromatic rings. The lowest BCUT2D eigenvalue weighted by Crippen LogP contribution is -2.06. The van der Waals surface area contributed by atoms with Gasteiger partial charge in [0, 0.05) is 17.3 Å². The van der Waals surface area contributed by atoms with E-state index in [1.807, 2.05) is 32.0 Å². The number of ether oxygens (including phenoxy) is 1. The first-order chi connectivity index (χ1) is 9.02. The van der Waals surface area contributed by atoms with Crippen LogP contribution in [0.2, 0.25) is 0 Å². The number of aryl methyl sites for hydroxylation is 2. The molecule has 2 N–H and O–H groups in total. The lowest BCUT2D eigenvalue weighted by Gasteiger charge is -2.10. The predicted molar refractivity (Wildman–Crippen MR) is 76.8 cm³/mol. The van der Waals surface area contributed by atoms with Crippen molar-refractivity contribution < 1.29 is 9.53 Å². The Balaban J connectivity index is 2.50. The molecular formula is C16H17NO2. The summed E-state index contributed by atoms with van der Waals surface area (Å²) < 4.78 is 5.23. The summed E-state index contributed by atoms with van der Waals surface area (Å²) in [5, 5.41) is 0. The number of anilines is 1. The van der Waals surface area contributed by atoms with Crippen LogP contribution in [0, 0.1) is 13.8 Å². The van der Waals surface area contributed by atoms with Gasteiger partial charge in [-0.2, -0.15) is 0 Å². The normalized spacial score (nSPS) is 10.3. The molecule has 0 saturated carbocycles. The van der Waals surface area contributed by atoms with E-state index in [1.54, 1.807) is 18.2 Å². The maximum atomic E-state index is 12.5. The molecule has 0 amide bonds. The van der Waals surface area contributed by atoms with Crippen LogP contribution >= 0.6 is 0 Å². The summed E-state index contributed by atoms with van der Waals surface area (Å²) in [7, 11) is 1.54. The minimum Gasteiger partial charge on any atom is -0.496 e. The van der Waals surface area contributed by atoms with E-state index in [1.165, 1.54) is 7.11 Å². The van der Waals surface area contributed by atoms with Crippen LogP contribution in [0.25, 0.3) is 0 Å². The van der Waals surface area contributed by atoms with Crippen molar-refractivity contribution in [1.29, 1.82) is 0 Å². The van der Waals surface area contributed by atoms with E-state index < -0.39 is 0 Å². The number of carbonyl (C=O) groups excluding carboxylic acids is 1. The topological polar surface area (TPSA) is 52.3 Å². The molecule has 0 heterocycles. The Bertz CT molecular complexity index is 633. The Morgan fingerprint density at radius 1 is 1.05 bits per heavy atom. The first-order valence-electron chi connectivity index (χ1n) is 6.08. The molecule has 2 rings (SSSR count). The number of benzene rings is 2. The number of hydrogen-bond donors (Lipinski definition) is 1. The van der Waals surface area contributed by atoms with Crippen LogP contribution in [0.1, 0.15) is 27.0 Å². The molecule has 2 aromatic carbocycles. The Morgan fingerprint density at radius 3 is 2.37 bits per heavy atom. The number of nitrogen functional groups attached to an aromatic ring is 1. The molecule has 0 aliphatic carbocycles. The van der Waals surface area contributed by atoms with Gasteiger partial charge >= 0.3 is 0 Å². The number of nitrogens with two attached hydrogens (primary N) is 1. The van der Waals surface area contributed by atoms with Crippen molar-refractivity contribution in [2.75, 3.05) is 12.8 Å². The second-order valence-corrected chi connectivity index (χ2v) is 4.61. The summed E-state index contributed by atoms with van der Waals surface area (Å²) in [5.74, 6) is 0.458. The molecule has 0 spiro atoms. The second-order valence-electron chi connectivity index (χ2n) is 4.61. The molecule has 19 heavy (non-hydrogen) atoms. The average Bonchev–Trinajstić information content (AvgIpc) is 2.37. The second kappa shape index (κ2) is 5.14. The lowest BCUT2D eigenvalue weighted by atomic mass is 9.97. The fourth-order valence-corrected chi connectivity index (χ4v) is 2.11. The van der Waals surface area contributed by atoms with Crippen molar-refractivity contribution in [2.24, 2.45) is 0 Å². The van der Waals surface area contributed by atoms with Gasteiger partial charge in [-0.25, -0.2) is 0 Å². The van der Waals surface area contributed by atoms with E-state index in [0.29, 0.717) is 22.6 Å². The molecule has 0 saturated heterocycles. The number of ketones is 1. The number of carbonyl (C=O) groups is 1. The fraction of sp³-hybridized carbons (Fsp3) is 0.188. The minimum atomic E-state index is -0.0469. The third-order valence-corrected chi connectivity index (χ3v) is 3.10. The maximum absolute atomic E-state index is 12.5. The van der Waals surface area contributed by atoms with Gasteiger partial charge in [0.25, 0.3) is 0 Å². The molecule has 0 fully saturated rings. The first-order valence-corrected chi connectivity index (χ1v) is 6.08. The van der Waals surface area contributed by atoms with Gasteiger partial charge in [-0.3, -0.25) is 4.79 Å². The molecule has 0 aromatic heterocycles. The Morgan fingerprint density at radius 2 is 1.74 bits per heavy atom. The first kappa shape index (κ1) is 13.1. The summed E-state index contributed by atoms with van der Waals surface area (Å²) in [6.07, 6.45) is 0. The summed E-state index contributed by atoms with van der Waals surface area (Å²) in [5.41, 5.74) is 9.60. The molecular weight excluding hydrogens is 238 g/mol. The maximum Gasteiger partial charge on any atom is 0.197 e. The third kappa shape index (κ3) is 2.60. The van der Waals surface area contributed by atoms with Gasteiger partial charge in [0.2, 0.25) is 0 Å². The zero-order chi connectivity index (χ0) is 14.0. The van der Waals surface area contributed by atoms with Gasteiger partial charge in [-0.15, -0.1) is 0 Å². The molecule has 0 radical (unpaired) electrons. The van der Waals surface area contributed by atoms with Crippen LogP contribution in [0.15, 0.2) is 36.4 Å². The van der Waals surface area contributed by atoms with E-state index in [4.69, 9.17) is 10.5 Å². The lowest BCUT2D eigenvalue weighted by molar-refractivity contribution is 0.103. The summed E-state index contributed by atoms with van der Waals surface area (Å²) in [4.78, 5) is 12.5. The molecule has 0 unspecified atom stereocenters. The van der Waals surface area contributed by atoms with Gasteiger partial charge in [0.05, 0.1) is 12.7 Å². The van der Waals surface area contributed by atoms with Gasteiger partial charge < -0.3 is 10.5 Å². The van der Waals surface area contributed by atoms with Crippen LogP contribution < -0.4 is 10.5 Å². The van der Waals surface area contributed by atoms with E-state index in [0.717, 1.165) is 11.1 Å². The Labute approximate surface area is 113 Å². The molecule has 98 valence electrons. The van der Waals surface area contributed by atoms with Crippen molar-refractivity contribution in [3.8, 4) is 5.75 Å². The van der Waals surface area contributed by atoms with Crippen LogP contribution in [-0.2, 0) is 0 Å².